The van der Waals surface area contributed by atoms with E-state index in [-0.39, 0.29) is 0 Å². The molecule has 0 radical (unpaired) electrons. The van der Waals surface area contributed by atoms with Gasteiger partial charge in [0.2, 0.25) is 0 Å². The maximum Gasteiger partial charge on any atom is 0.0270 e. The average molecular weight is 232 g/mol. The van der Waals surface area contributed by atoms with Crippen LogP contribution < -0.4 is 5.32 Å². The van der Waals surface area contributed by atoms with E-state index >= 15 is 0 Å². The third kappa shape index (κ3) is 3.06. The summed E-state index contributed by atoms with van der Waals surface area (Å²) in [7, 11) is 2.10. The third-order valence-electron chi connectivity index (χ3n) is 4.37. The Hall–Kier alpha value is -0.890. The van der Waals surface area contributed by atoms with Gasteiger partial charge in [-0.3, -0.25) is 4.98 Å². The fraction of sp³-hybridized carbons (Fsp3) is 0.667. The molecule has 0 saturated heterocycles. The molecule has 0 aliphatic heterocycles. The van der Waals surface area contributed by atoms with Crippen molar-refractivity contribution in [2.45, 2.75) is 51.5 Å². The minimum Gasteiger partial charge on any atom is -0.316 e. The molecule has 17 heavy (non-hydrogen) atoms. The molecule has 2 heteroatoms. The highest BCUT2D eigenvalue weighted by molar-refractivity contribution is 5.12. The zero-order chi connectivity index (χ0) is 12.1. The number of hydrogen-bond donors (Lipinski definition) is 1. The first-order chi connectivity index (χ1) is 8.24. The van der Waals surface area contributed by atoms with Crippen LogP contribution in [0.25, 0.3) is 0 Å². The molecule has 1 aliphatic rings. The average Bonchev–Trinajstić information content (AvgIpc) is 2.38. The maximum absolute atomic E-state index is 4.09. The van der Waals surface area contributed by atoms with E-state index in [9.17, 15) is 0 Å². The van der Waals surface area contributed by atoms with Gasteiger partial charge in [-0.2, -0.15) is 0 Å². The largest absolute Gasteiger partial charge is 0.316 e. The zero-order valence-electron chi connectivity index (χ0n) is 11.1. The molecule has 0 aromatic carbocycles. The lowest BCUT2D eigenvalue weighted by Crippen LogP contribution is -2.44. The normalized spacial score (nSPS) is 21.1. The number of aromatic nitrogens is 1. The minimum atomic E-state index is 0.469. The van der Waals surface area contributed by atoms with Gasteiger partial charge in [-0.1, -0.05) is 26.2 Å². The van der Waals surface area contributed by atoms with E-state index in [1.54, 1.807) is 0 Å². The van der Waals surface area contributed by atoms with Crippen LogP contribution in [0.1, 0.15) is 44.6 Å². The molecule has 1 aliphatic carbocycles. The Balaban J connectivity index is 2.05. The van der Waals surface area contributed by atoms with Gasteiger partial charge in [0.15, 0.2) is 0 Å². The zero-order valence-corrected chi connectivity index (χ0v) is 11.1. The number of likely N-dealkylation sites (N-methyl/N-ethyl adjacent to an activating group) is 1. The Morgan fingerprint density at radius 2 is 1.88 bits per heavy atom. The van der Waals surface area contributed by atoms with Gasteiger partial charge >= 0.3 is 0 Å². The molecule has 1 saturated carbocycles. The van der Waals surface area contributed by atoms with E-state index in [1.165, 1.54) is 37.7 Å². The first-order valence-electron chi connectivity index (χ1n) is 6.81. The van der Waals surface area contributed by atoms with Crippen molar-refractivity contribution < 1.29 is 0 Å². The van der Waals surface area contributed by atoms with Crippen molar-refractivity contribution in [1.82, 2.24) is 10.3 Å². The van der Waals surface area contributed by atoms with Crippen molar-refractivity contribution in [3.8, 4) is 0 Å². The van der Waals surface area contributed by atoms with Crippen LogP contribution in [-0.2, 0) is 6.42 Å². The van der Waals surface area contributed by atoms with Gasteiger partial charge in [0.05, 0.1) is 0 Å². The molecule has 2 rings (SSSR count). The molecular weight excluding hydrogens is 208 g/mol. The summed E-state index contributed by atoms with van der Waals surface area (Å²) in [6.07, 6.45) is 11.8. The lowest BCUT2D eigenvalue weighted by molar-refractivity contribution is 0.149. The summed E-state index contributed by atoms with van der Waals surface area (Å²) in [4.78, 5) is 4.09. The minimum absolute atomic E-state index is 0.469. The Kier molecular flexibility index (Phi) is 4.16. The first kappa shape index (κ1) is 12.6. The molecule has 1 unspecified atom stereocenters. The van der Waals surface area contributed by atoms with Crippen molar-refractivity contribution in [2.24, 2.45) is 5.41 Å². The smallest absolute Gasteiger partial charge is 0.0270 e. The Morgan fingerprint density at radius 3 is 2.47 bits per heavy atom. The summed E-state index contributed by atoms with van der Waals surface area (Å²) >= 11 is 0. The SMILES string of the molecule is CNC(Cc1ccncc1)C1(C)CCCCC1. The molecule has 0 amide bonds. The maximum atomic E-state index is 4.09. The molecule has 1 aromatic heterocycles. The predicted octanol–water partition coefficient (Wildman–Crippen LogP) is 3.18. The quantitative estimate of drug-likeness (QED) is 0.862. The Bertz CT molecular complexity index is 328. The Labute approximate surface area is 105 Å². The fourth-order valence-electron chi connectivity index (χ4n) is 3.16. The fourth-order valence-corrected chi connectivity index (χ4v) is 3.16. The molecule has 1 N–H and O–H groups in total. The van der Waals surface area contributed by atoms with Gasteiger partial charge in [0.25, 0.3) is 0 Å². The lowest BCUT2D eigenvalue weighted by atomic mass is 9.69. The van der Waals surface area contributed by atoms with Gasteiger partial charge in [-0.05, 0) is 49.4 Å². The van der Waals surface area contributed by atoms with E-state index in [0.717, 1.165) is 6.42 Å². The van der Waals surface area contributed by atoms with Gasteiger partial charge in [0.1, 0.15) is 0 Å². The van der Waals surface area contributed by atoms with E-state index in [0.29, 0.717) is 11.5 Å². The molecule has 1 fully saturated rings. The third-order valence-corrected chi connectivity index (χ3v) is 4.37. The summed E-state index contributed by atoms with van der Waals surface area (Å²) in [6.45, 7) is 2.45. The molecule has 2 nitrogen and oxygen atoms in total. The van der Waals surface area contributed by atoms with Crippen LogP contribution >= 0.6 is 0 Å². The van der Waals surface area contributed by atoms with E-state index in [2.05, 4.69) is 36.4 Å². The van der Waals surface area contributed by atoms with Crippen LogP contribution in [0, 0.1) is 5.41 Å². The monoisotopic (exact) mass is 232 g/mol. The number of pyridine rings is 1. The highest BCUT2D eigenvalue weighted by atomic mass is 14.9. The predicted molar refractivity (Wildman–Crippen MR) is 72.0 cm³/mol. The summed E-state index contributed by atoms with van der Waals surface area (Å²) in [5.74, 6) is 0. The molecule has 1 atom stereocenters. The van der Waals surface area contributed by atoms with Crippen molar-refractivity contribution in [2.75, 3.05) is 7.05 Å². The van der Waals surface area contributed by atoms with Gasteiger partial charge in [-0.25, -0.2) is 0 Å². The van der Waals surface area contributed by atoms with Crippen LogP contribution in [0.4, 0.5) is 0 Å². The standard InChI is InChI=1S/C15H24N2/c1-15(8-4-3-5-9-15)14(16-2)12-13-6-10-17-11-7-13/h6-7,10-11,14,16H,3-5,8-9,12H2,1-2H3. The van der Waals surface area contributed by atoms with Gasteiger partial charge < -0.3 is 5.32 Å². The second kappa shape index (κ2) is 5.63. The van der Waals surface area contributed by atoms with Crippen molar-refractivity contribution in [1.29, 1.82) is 0 Å². The van der Waals surface area contributed by atoms with Crippen molar-refractivity contribution in [3.05, 3.63) is 30.1 Å². The molecule has 0 bridgehead atoms. The Morgan fingerprint density at radius 1 is 1.24 bits per heavy atom. The van der Waals surface area contributed by atoms with Crippen LogP contribution in [0.3, 0.4) is 0 Å². The highest BCUT2D eigenvalue weighted by Crippen LogP contribution is 2.39. The molecule has 0 spiro atoms. The van der Waals surface area contributed by atoms with E-state index in [4.69, 9.17) is 0 Å². The van der Waals surface area contributed by atoms with Gasteiger partial charge in [0, 0.05) is 18.4 Å². The lowest BCUT2D eigenvalue weighted by Gasteiger charge is -2.41. The first-order valence-corrected chi connectivity index (χ1v) is 6.81. The second-order valence-electron chi connectivity index (χ2n) is 5.62. The number of hydrogen-bond acceptors (Lipinski definition) is 2. The van der Waals surface area contributed by atoms with Crippen molar-refractivity contribution in [3.63, 3.8) is 0 Å². The summed E-state index contributed by atoms with van der Waals surface area (Å²) < 4.78 is 0. The van der Waals surface area contributed by atoms with E-state index in [1.807, 2.05) is 12.4 Å². The van der Waals surface area contributed by atoms with Crippen LogP contribution in [0.15, 0.2) is 24.5 Å². The van der Waals surface area contributed by atoms with E-state index < -0.39 is 0 Å². The summed E-state index contributed by atoms with van der Waals surface area (Å²) in [5.41, 5.74) is 1.86. The molecule has 1 aromatic rings. The molecule has 1 heterocycles. The van der Waals surface area contributed by atoms with Crippen molar-refractivity contribution >= 4 is 0 Å². The molecular formula is C15H24N2. The number of rotatable bonds is 4. The topological polar surface area (TPSA) is 24.9 Å². The highest BCUT2D eigenvalue weighted by Gasteiger charge is 2.34. The van der Waals surface area contributed by atoms with Gasteiger partial charge in [-0.15, -0.1) is 0 Å². The number of nitrogens with one attached hydrogen (secondary N) is 1. The molecule has 94 valence electrons. The second-order valence-corrected chi connectivity index (χ2v) is 5.62. The summed E-state index contributed by atoms with van der Waals surface area (Å²) in [5, 5.41) is 3.54. The summed E-state index contributed by atoms with van der Waals surface area (Å²) in [6, 6.07) is 4.86. The number of nitrogens with zero attached hydrogens (tertiary/aromatic N) is 1. The van der Waals surface area contributed by atoms with Crippen LogP contribution in [-0.4, -0.2) is 18.1 Å². The van der Waals surface area contributed by atoms with Crippen LogP contribution in [0.5, 0.6) is 0 Å². The van der Waals surface area contributed by atoms with Crippen LogP contribution in [0.2, 0.25) is 0 Å².